The minimum atomic E-state index is -0.599. The van der Waals surface area contributed by atoms with Crippen LogP contribution < -0.4 is 10.2 Å². The standard InChI is InChI=1S/C24H15ClIN3O4/c25-15-3-8-17(9-4-15)28-23(27-20-10-5-16(26)13-19(20)24(28)30)22-12-11-21(33-22)14-1-6-18(7-2-14)29(31)32/h1-13,23,27H/t23-/m0/s1. The van der Waals surface area contributed by atoms with E-state index in [0.29, 0.717) is 39.0 Å². The Labute approximate surface area is 207 Å². The second-order valence-electron chi connectivity index (χ2n) is 7.39. The molecule has 0 bridgehead atoms. The number of benzene rings is 3. The number of hydrogen-bond donors (Lipinski definition) is 1. The van der Waals surface area contributed by atoms with E-state index in [1.165, 1.54) is 12.1 Å². The maximum Gasteiger partial charge on any atom is 0.269 e. The average molecular weight is 572 g/mol. The van der Waals surface area contributed by atoms with Crippen LogP contribution in [0.4, 0.5) is 17.1 Å². The number of nitro benzene ring substituents is 1. The molecule has 4 aromatic rings. The van der Waals surface area contributed by atoms with E-state index in [1.807, 2.05) is 18.2 Å². The number of nitro groups is 1. The molecule has 2 heterocycles. The molecular weight excluding hydrogens is 557 g/mol. The molecule has 1 aliphatic heterocycles. The van der Waals surface area contributed by atoms with Crippen molar-refractivity contribution < 1.29 is 14.1 Å². The summed E-state index contributed by atoms with van der Waals surface area (Å²) in [5, 5.41) is 14.9. The highest BCUT2D eigenvalue weighted by atomic mass is 127. The summed E-state index contributed by atoms with van der Waals surface area (Å²) >= 11 is 8.24. The third kappa shape index (κ3) is 4.07. The van der Waals surface area contributed by atoms with Gasteiger partial charge in [0.1, 0.15) is 11.5 Å². The van der Waals surface area contributed by atoms with E-state index < -0.39 is 11.1 Å². The lowest BCUT2D eigenvalue weighted by molar-refractivity contribution is -0.384. The van der Waals surface area contributed by atoms with Crippen LogP contribution in [0.1, 0.15) is 22.3 Å². The molecule has 1 aliphatic rings. The molecule has 0 saturated heterocycles. The van der Waals surface area contributed by atoms with Crippen LogP contribution in [0.3, 0.4) is 0 Å². The summed E-state index contributed by atoms with van der Waals surface area (Å²) in [7, 11) is 0. The molecule has 0 spiro atoms. The Bertz CT molecular complexity index is 1370. The summed E-state index contributed by atoms with van der Waals surface area (Å²) in [6.07, 6.45) is -0.599. The highest BCUT2D eigenvalue weighted by Crippen LogP contribution is 2.39. The van der Waals surface area contributed by atoms with Gasteiger partial charge in [-0.3, -0.25) is 19.8 Å². The van der Waals surface area contributed by atoms with Crippen molar-refractivity contribution in [3.05, 3.63) is 109 Å². The normalized spacial score (nSPS) is 15.2. The fraction of sp³-hybridized carbons (Fsp3) is 0.0417. The van der Waals surface area contributed by atoms with Crippen LogP contribution in [0.2, 0.25) is 5.02 Å². The molecule has 9 heteroatoms. The molecule has 164 valence electrons. The van der Waals surface area contributed by atoms with Crippen LogP contribution in [0.15, 0.2) is 83.3 Å². The smallest absolute Gasteiger partial charge is 0.269 e. The molecule has 3 aromatic carbocycles. The number of amides is 1. The van der Waals surface area contributed by atoms with Gasteiger partial charge < -0.3 is 9.73 Å². The number of carbonyl (C=O) groups excluding carboxylic acids is 1. The number of halogens is 2. The van der Waals surface area contributed by atoms with E-state index >= 15 is 0 Å². The van der Waals surface area contributed by atoms with Crippen molar-refractivity contribution in [2.45, 2.75) is 6.17 Å². The van der Waals surface area contributed by atoms with Crippen molar-refractivity contribution in [1.82, 2.24) is 0 Å². The lowest BCUT2D eigenvalue weighted by Crippen LogP contribution is -2.43. The van der Waals surface area contributed by atoms with Crippen molar-refractivity contribution in [2.75, 3.05) is 10.2 Å². The number of nitrogens with one attached hydrogen (secondary N) is 1. The summed E-state index contributed by atoms with van der Waals surface area (Å²) in [5.74, 6) is 0.900. The average Bonchev–Trinajstić information content (AvgIpc) is 3.30. The van der Waals surface area contributed by atoms with Crippen molar-refractivity contribution in [3.63, 3.8) is 0 Å². The third-order valence-electron chi connectivity index (χ3n) is 5.34. The van der Waals surface area contributed by atoms with E-state index in [2.05, 4.69) is 27.9 Å². The Morgan fingerprint density at radius 3 is 2.42 bits per heavy atom. The fourth-order valence-corrected chi connectivity index (χ4v) is 4.36. The Kier molecular flexibility index (Phi) is 5.55. The second kappa shape index (κ2) is 8.53. The van der Waals surface area contributed by atoms with E-state index in [9.17, 15) is 14.9 Å². The Morgan fingerprint density at radius 2 is 1.73 bits per heavy atom. The number of furan rings is 1. The quantitative estimate of drug-likeness (QED) is 0.164. The van der Waals surface area contributed by atoms with Gasteiger partial charge in [-0.05, 0) is 89.3 Å². The lowest BCUT2D eigenvalue weighted by atomic mass is 10.1. The predicted molar refractivity (Wildman–Crippen MR) is 135 cm³/mol. The summed E-state index contributed by atoms with van der Waals surface area (Å²) in [5.41, 5.74) is 2.64. The molecule has 0 aliphatic carbocycles. The molecule has 1 atom stereocenters. The fourth-order valence-electron chi connectivity index (χ4n) is 3.75. The zero-order chi connectivity index (χ0) is 23.1. The monoisotopic (exact) mass is 571 g/mol. The molecule has 0 fully saturated rings. The van der Waals surface area contributed by atoms with E-state index in [0.717, 1.165) is 3.57 Å². The van der Waals surface area contributed by atoms with Crippen molar-refractivity contribution in [3.8, 4) is 11.3 Å². The Morgan fingerprint density at radius 1 is 1.00 bits per heavy atom. The Hall–Kier alpha value is -3.37. The molecular formula is C24H15ClIN3O4. The summed E-state index contributed by atoms with van der Waals surface area (Å²) in [6.45, 7) is 0. The zero-order valence-corrected chi connectivity index (χ0v) is 19.8. The molecule has 0 saturated carbocycles. The van der Waals surface area contributed by atoms with Gasteiger partial charge in [-0.15, -0.1) is 0 Å². The van der Waals surface area contributed by atoms with Crippen molar-refractivity contribution in [1.29, 1.82) is 0 Å². The number of non-ortho nitro benzene ring substituents is 1. The maximum atomic E-state index is 13.6. The highest BCUT2D eigenvalue weighted by molar-refractivity contribution is 14.1. The minimum Gasteiger partial charge on any atom is -0.457 e. The summed E-state index contributed by atoms with van der Waals surface area (Å²) < 4.78 is 7.07. The zero-order valence-electron chi connectivity index (χ0n) is 16.9. The van der Waals surface area contributed by atoms with Gasteiger partial charge in [0.2, 0.25) is 0 Å². The SMILES string of the molecule is O=C1c2cc(I)ccc2N[C@H](c2ccc(-c3ccc([N+](=O)[O-])cc3)o2)N1c1ccc(Cl)cc1. The summed E-state index contributed by atoms with van der Waals surface area (Å²) in [4.78, 5) is 25.7. The lowest BCUT2D eigenvalue weighted by Gasteiger charge is -2.36. The van der Waals surface area contributed by atoms with E-state index in [4.69, 9.17) is 16.0 Å². The number of hydrogen-bond acceptors (Lipinski definition) is 5. The first-order valence-corrected chi connectivity index (χ1v) is 11.4. The minimum absolute atomic E-state index is 0.00484. The van der Waals surface area contributed by atoms with Crippen LogP contribution in [-0.4, -0.2) is 10.8 Å². The van der Waals surface area contributed by atoms with Gasteiger partial charge in [-0.1, -0.05) is 11.6 Å². The van der Waals surface area contributed by atoms with Gasteiger partial charge in [0.25, 0.3) is 11.6 Å². The number of carbonyl (C=O) groups is 1. The molecule has 1 amide bonds. The number of rotatable bonds is 4. The van der Waals surface area contributed by atoms with Crippen LogP contribution in [0, 0.1) is 13.7 Å². The first kappa shape index (κ1) is 21.5. The van der Waals surface area contributed by atoms with Gasteiger partial charge >= 0.3 is 0 Å². The predicted octanol–water partition coefficient (Wildman–Crippen LogP) is 6.88. The molecule has 7 nitrogen and oxygen atoms in total. The molecule has 33 heavy (non-hydrogen) atoms. The highest BCUT2D eigenvalue weighted by Gasteiger charge is 2.36. The maximum absolute atomic E-state index is 13.6. The molecule has 1 N–H and O–H groups in total. The first-order valence-electron chi connectivity index (χ1n) is 9.90. The van der Waals surface area contributed by atoms with Crippen LogP contribution >= 0.6 is 34.2 Å². The first-order chi connectivity index (χ1) is 15.9. The van der Waals surface area contributed by atoms with Crippen molar-refractivity contribution >= 4 is 57.2 Å². The van der Waals surface area contributed by atoms with Crippen LogP contribution in [-0.2, 0) is 0 Å². The van der Waals surface area contributed by atoms with Gasteiger partial charge in [0.05, 0.1) is 10.5 Å². The van der Waals surface area contributed by atoms with Gasteiger partial charge in [-0.2, -0.15) is 0 Å². The number of anilines is 2. The van der Waals surface area contributed by atoms with Gasteiger partial charge in [0, 0.05) is 37.7 Å². The van der Waals surface area contributed by atoms with Crippen LogP contribution in [0.25, 0.3) is 11.3 Å². The topological polar surface area (TPSA) is 88.6 Å². The Balaban J connectivity index is 1.56. The number of fused-ring (bicyclic) bond motifs is 1. The van der Waals surface area contributed by atoms with E-state index in [-0.39, 0.29) is 11.6 Å². The molecule has 0 radical (unpaired) electrons. The van der Waals surface area contributed by atoms with Gasteiger partial charge in [0.15, 0.2) is 6.17 Å². The second-order valence-corrected chi connectivity index (χ2v) is 9.08. The largest absolute Gasteiger partial charge is 0.457 e. The van der Waals surface area contributed by atoms with Gasteiger partial charge in [-0.25, -0.2) is 0 Å². The summed E-state index contributed by atoms with van der Waals surface area (Å²) in [6, 6.07) is 22.4. The number of nitrogens with zero attached hydrogens (tertiary/aromatic N) is 2. The molecule has 5 rings (SSSR count). The third-order valence-corrected chi connectivity index (χ3v) is 6.27. The molecule has 1 aromatic heterocycles. The van der Waals surface area contributed by atoms with Crippen molar-refractivity contribution in [2.24, 2.45) is 0 Å². The van der Waals surface area contributed by atoms with E-state index in [1.54, 1.807) is 53.4 Å². The van der Waals surface area contributed by atoms with Crippen LogP contribution in [0.5, 0.6) is 0 Å². The molecule has 0 unspecified atom stereocenters.